The fourth-order valence-corrected chi connectivity index (χ4v) is 30.5. The minimum Gasteiger partial charge on any atom is -0.411 e. The van der Waals surface area contributed by atoms with Gasteiger partial charge in [-0.3, -0.25) is 0 Å². The Labute approximate surface area is 162 Å². The van der Waals surface area contributed by atoms with Gasteiger partial charge in [0.15, 0.2) is 8.32 Å². The molecule has 0 saturated heterocycles. The predicted octanol–water partition coefficient (Wildman–Crippen LogP) is 7.35. The van der Waals surface area contributed by atoms with Gasteiger partial charge in [-0.25, -0.2) is 0 Å². The van der Waals surface area contributed by atoms with Crippen molar-refractivity contribution in [3.63, 3.8) is 0 Å². The molecular formula is C21H46OSi3. The minimum atomic E-state index is -1.85. The van der Waals surface area contributed by atoms with E-state index < -0.39 is 23.5 Å². The minimum absolute atomic E-state index is 0.0502. The van der Waals surface area contributed by atoms with Gasteiger partial charge in [0.25, 0.3) is 0 Å². The zero-order valence-corrected chi connectivity index (χ0v) is 23.0. The van der Waals surface area contributed by atoms with Gasteiger partial charge in [-0.2, -0.15) is 0 Å². The zero-order chi connectivity index (χ0) is 20.5. The molecule has 4 heteroatoms. The summed E-state index contributed by atoms with van der Waals surface area (Å²) in [6, 6.07) is 0. The highest BCUT2D eigenvalue weighted by molar-refractivity contribution is 7.46. The summed E-state index contributed by atoms with van der Waals surface area (Å²) in [5.74, 6) is 0. The Morgan fingerprint density at radius 3 is 1.40 bits per heavy atom. The summed E-state index contributed by atoms with van der Waals surface area (Å²) in [6.45, 7) is 37.0. The molecule has 0 saturated carbocycles. The number of hydrogen-bond donors (Lipinski definition) is 0. The van der Waals surface area contributed by atoms with Gasteiger partial charge in [-0.1, -0.05) is 87.7 Å². The summed E-state index contributed by atoms with van der Waals surface area (Å²) in [7, 11) is -5.04. The van der Waals surface area contributed by atoms with E-state index in [1.54, 1.807) is 5.57 Å². The zero-order valence-electron chi connectivity index (χ0n) is 20.0. The molecule has 0 aliphatic carbocycles. The van der Waals surface area contributed by atoms with Gasteiger partial charge in [0.1, 0.15) is 7.59 Å². The van der Waals surface area contributed by atoms with Crippen molar-refractivity contribution in [2.75, 3.05) is 0 Å². The molecule has 0 aromatic carbocycles. The molecule has 1 aliphatic rings. The largest absolute Gasteiger partial charge is 0.411 e. The van der Waals surface area contributed by atoms with Crippen LogP contribution in [-0.2, 0) is 4.43 Å². The molecule has 0 aromatic heterocycles. The van der Waals surface area contributed by atoms with Crippen molar-refractivity contribution >= 4 is 23.5 Å². The van der Waals surface area contributed by atoms with Crippen LogP contribution in [-0.4, -0.2) is 28.7 Å². The van der Waals surface area contributed by atoms with Crippen molar-refractivity contribution in [2.45, 2.75) is 112 Å². The first-order chi connectivity index (χ1) is 10.5. The van der Waals surface area contributed by atoms with E-state index in [4.69, 9.17) is 4.43 Å². The summed E-state index contributed by atoms with van der Waals surface area (Å²) < 4.78 is 7.40. The first kappa shape index (κ1) is 23.4. The van der Waals surface area contributed by atoms with Crippen molar-refractivity contribution in [3.05, 3.63) is 11.3 Å². The second kappa shape index (κ2) is 5.92. The van der Waals surface area contributed by atoms with Gasteiger partial charge >= 0.3 is 0 Å². The van der Waals surface area contributed by atoms with Crippen LogP contribution in [0.5, 0.6) is 0 Å². The first-order valence-electron chi connectivity index (χ1n) is 9.99. The standard InChI is InChI=1S/C21H46OSi3/c1-18(2,3)17-16-25(20(7,8)9,24(13,14)15)21(17,19(4,5)6)22-23(10,11)12/h16H,1-15H3/t21-,25+/m1/s1. The molecule has 0 amide bonds. The third-order valence-corrected chi connectivity index (χ3v) is 25.6. The van der Waals surface area contributed by atoms with E-state index in [0.29, 0.717) is 5.04 Å². The highest BCUT2D eigenvalue weighted by Gasteiger charge is 2.76. The molecule has 0 unspecified atom stereocenters. The lowest BCUT2D eigenvalue weighted by Crippen LogP contribution is -2.86. The van der Waals surface area contributed by atoms with Crippen LogP contribution >= 0.6 is 0 Å². The number of hydrogen-bond acceptors (Lipinski definition) is 1. The lowest BCUT2D eigenvalue weighted by molar-refractivity contribution is 0.0331. The molecule has 0 spiro atoms. The quantitative estimate of drug-likeness (QED) is 0.451. The SMILES string of the molecule is CC(C)(C)C1=C[Si@@](C(C)(C)C)([Si](C)(C)C)[C@@]1(O[Si](C)(C)C)C(C)(C)C. The van der Waals surface area contributed by atoms with E-state index in [1.165, 1.54) is 0 Å². The van der Waals surface area contributed by atoms with Crippen molar-refractivity contribution in [1.82, 2.24) is 0 Å². The van der Waals surface area contributed by atoms with Crippen LogP contribution in [0, 0.1) is 10.8 Å². The van der Waals surface area contributed by atoms with Crippen molar-refractivity contribution in [2.24, 2.45) is 10.8 Å². The Bertz CT molecular complexity index is 528. The fourth-order valence-electron chi connectivity index (χ4n) is 5.66. The van der Waals surface area contributed by atoms with E-state index in [1.807, 2.05) is 0 Å². The van der Waals surface area contributed by atoms with Gasteiger partial charge in [0, 0.05) is 7.59 Å². The van der Waals surface area contributed by atoms with Crippen LogP contribution in [0.4, 0.5) is 0 Å². The van der Waals surface area contributed by atoms with E-state index in [2.05, 4.69) is 107 Å². The second-order valence-corrected chi connectivity index (χ2v) is 33.2. The van der Waals surface area contributed by atoms with Crippen LogP contribution in [0.3, 0.4) is 0 Å². The topological polar surface area (TPSA) is 9.23 Å². The van der Waals surface area contributed by atoms with Crippen LogP contribution in [0.25, 0.3) is 0 Å². The summed E-state index contributed by atoms with van der Waals surface area (Å²) >= 11 is 0. The van der Waals surface area contributed by atoms with Crippen LogP contribution in [0.2, 0.25) is 44.3 Å². The van der Waals surface area contributed by atoms with E-state index >= 15 is 0 Å². The first-order valence-corrected chi connectivity index (χ1v) is 20.0. The maximum absolute atomic E-state index is 7.40. The van der Waals surface area contributed by atoms with Crippen molar-refractivity contribution < 1.29 is 4.43 Å². The predicted molar refractivity (Wildman–Crippen MR) is 123 cm³/mol. The van der Waals surface area contributed by atoms with Gasteiger partial charge < -0.3 is 4.43 Å². The van der Waals surface area contributed by atoms with E-state index in [9.17, 15) is 0 Å². The second-order valence-electron chi connectivity index (χ2n) is 13.3. The Kier molecular flexibility index (Phi) is 5.54. The molecule has 1 rings (SSSR count). The number of rotatable bonds is 3. The fraction of sp³-hybridized carbons (Fsp3) is 0.905. The molecule has 1 aliphatic heterocycles. The third-order valence-electron chi connectivity index (χ3n) is 5.98. The Morgan fingerprint density at radius 2 is 1.20 bits per heavy atom. The summed E-state index contributed by atoms with van der Waals surface area (Å²) in [4.78, 5) is 0. The van der Waals surface area contributed by atoms with Crippen LogP contribution in [0.1, 0.15) is 62.3 Å². The highest BCUT2D eigenvalue weighted by Crippen LogP contribution is 2.67. The summed E-state index contributed by atoms with van der Waals surface area (Å²) in [5.41, 5.74) is 4.68. The molecular weight excluding hydrogens is 352 g/mol. The lowest BCUT2D eigenvalue weighted by atomic mass is 9.73. The average molecular weight is 399 g/mol. The molecule has 0 fully saturated rings. The van der Waals surface area contributed by atoms with E-state index in [0.717, 1.165) is 0 Å². The van der Waals surface area contributed by atoms with Crippen LogP contribution in [0.15, 0.2) is 11.3 Å². The Morgan fingerprint density at radius 1 is 0.800 bits per heavy atom. The molecule has 0 radical (unpaired) electrons. The van der Waals surface area contributed by atoms with Crippen molar-refractivity contribution in [1.29, 1.82) is 0 Å². The molecule has 0 bridgehead atoms. The summed E-state index contributed by atoms with van der Waals surface area (Å²) in [5, 5.41) is 0.255. The summed E-state index contributed by atoms with van der Waals surface area (Å²) in [6.07, 6.45) is 0. The molecule has 1 nitrogen and oxygen atoms in total. The normalized spacial score (nSPS) is 29.3. The molecule has 2 atom stereocenters. The lowest BCUT2D eigenvalue weighted by Gasteiger charge is -2.73. The molecule has 1 heterocycles. The Balaban J connectivity index is 4.04. The maximum atomic E-state index is 7.40. The van der Waals surface area contributed by atoms with Gasteiger partial charge in [-0.05, 0) is 41.1 Å². The van der Waals surface area contributed by atoms with Crippen molar-refractivity contribution in [3.8, 4) is 0 Å². The van der Waals surface area contributed by atoms with Gasteiger partial charge in [0.2, 0.25) is 0 Å². The third kappa shape index (κ3) is 3.45. The monoisotopic (exact) mass is 398 g/mol. The Hall–Kier alpha value is 0.351. The molecule has 0 aromatic rings. The van der Waals surface area contributed by atoms with Gasteiger partial charge in [0.05, 0.1) is 5.22 Å². The highest BCUT2D eigenvalue weighted by atomic mass is 29.3. The molecule has 25 heavy (non-hydrogen) atoms. The average Bonchev–Trinajstić information content (AvgIpc) is 2.14. The van der Waals surface area contributed by atoms with Crippen LogP contribution < -0.4 is 0 Å². The van der Waals surface area contributed by atoms with Gasteiger partial charge in [-0.15, -0.1) is 0 Å². The maximum Gasteiger partial charge on any atom is 0.184 e. The van der Waals surface area contributed by atoms with E-state index in [-0.39, 0.29) is 16.1 Å². The smallest absolute Gasteiger partial charge is 0.184 e. The molecule has 148 valence electrons. The molecule has 0 N–H and O–H groups in total.